The number of benzene rings is 2. The molecule has 2 aromatic carbocycles. The first-order chi connectivity index (χ1) is 12.6. The molecular weight excluding hydrogens is 322 g/mol. The van der Waals surface area contributed by atoms with Crippen LogP contribution < -0.4 is 5.32 Å². The molecule has 0 heterocycles. The number of hydrogen-bond donors (Lipinski definition) is 1. The Balaban J connectivity index is 1.48. The Bertz CT molecular complexity index is 710. The summed E-state index contributed by atoms with van der Waals surface area (Å²) in [5.41, 5.74) is 5.15. The Morgan fingerprint density at radius 3 is 2.23 bits per heavy atom. The fraction of sp³-hybridized carbons (Fsp3) is 0.435. The second kappa shape index (κ2) is 9.00. The first-order valence-corrected chi connectivity index (χ1v) is 9.77. The highest BCUT2D eigenvalue weighted by Crippen LogP contribution is 2.15. The van der Waals surface area contributed by atoms with Gasteiger partial charge in [0.1, 0.15) is 13.2 Å². The molecule has 0 aliphatic heterocycles. The second-order valence-electron chi connectivity index (χ2n) is 7.61. The minimum Gasteiger partial charge on any atom is -0.457 e. The summed E-state index contributed by atoms with van der Waals surface area (Å²) in [5.74, 6) is -0.258. The third-order valence-electron chi connectivity index (χ3n) is 5.19. The van der Waals surface area contributed by atoms with E-state index in [1.54, 1.807) is 0 Å². The highest BCUT2D eigenvalue weighted by Gasteiger charge is 2.15. The smallest absolute Gasteiger partial charge is 0.338 e. The minimum atomic E-state index is -0.258. The van der Waals surface area contributed by atoms with Crippen molar-refractivity contribution in [3.05, 3.63) is 70.3 Å². The Kier molecular flexibility index (Phi) is 6.45. The molecule has 26 heavy (non-hydrogen) atoms. The fourth-order valence-corrected chi connectivity index (χ4v) is 3.77. The predicted octanol–water partition coefficient (Wildman–Crippen LogP) is 4.06. The van der Waals surface area contributed by atoms with Crippen LogP contribution in [0.1, 0.15) is 64.7 Å². The van der Waals surface area contributed by atoms with Gasteiger partial charge in [0.15, 0.2) is 0 Å². The number of ether oxygens (including phenoxy) is 1. The van der Waals surface area contributed by atoms with Crippen molar-refractivity contribution >= 4 is 5.97 Å². The standard InChI is InChI=1S/C23H29NO2/c1-17-12-18(2)14-21(13-17)23(25)26-16-20-10-8-19(9-11-20)15-24-22-6-4-3-5-7-22/h8-14,22,24H,3-7,15-16H2,1-2H3/p+1. The van der Waals surface area contributed by atoms with Crippen LogP contribution in [0.5, 0.6) is 0 Å². The molecule has 1 aliphatic rings. The fourth-order valence-electron chi connectivity index (χ4n) is 3.77. The van der Waals surface area contributed by atoms with Crippen molar-refractivity contribution < 1.29 is 14.8 Å². The zero-order valence-electron chi connectivity index (χ0n) is 16.0. The van der Waals surface area contributed by atoms with Gasteiger partial charge in [-0.1, -0.05) is 47.9 Å². The summed E-state index contributed by atoms with van der Waals surface area (Å²) in [4.78, 5) is 12.2. The Morgan fingerprint density at radius 2 is 1.58 bits per heavy atom. The Hall–Kier alpha value is -2.13. The lowest BCUT2D eigenvalue weighted by atomic mass is 9.95. The van der Waals surface area contributed by atoms with Crippen molar-refractivity contribution in [2.75, 3.05) is 0 Å². The van der Waals surface area contributed by atoms with E-state index in [1.165, 1.54) is 37.7 Å². The summed E-state index contributed by atoms with van der Waals surface area (Å²) in [5, 5.41) is 2.48. The van der Waals surface area contributed by atoms with Gasteiger partial charge >= 0.3 is 5.97 Å². The lowest BCUT2D eigenvalue weighted by Crippen LogP contribution is -2.88. The highest BCUT2D eigenvalue weighted by atomic mass is 16.5. The summed E-state index contributed by atoms with van der Waals surface area (Å²) in [7, 11) is 0. The van der Waals surface area contributed by atoms with Crippen LogP contribution in [-0.2, 0) is 17.9 Å². The molecule has 3 heteroatoms. The van der Waals surface area contributed by atoms with E-state index in [-0.39, 0.29) is 5.97 Å². The van der Waals surface area contributed by atoms with Crippen LogP contribution in [0.15, 0.2) is 42.5 Å². The molecule has 1 aliphatic carbocycles. The summed E-state index contributed by atoms with van der Waals surface area (Å²) in [6, 6.07) is 15.0. The van der Waals surface area contributed by atoms with Crippen molar-refractivity contribution in [1.29, 1.82) is 0 Å². The normalized spacial score (nSPS) is 15.0. The van der Waals surface area contributed by atoms with Gasteiger partial charge in [-0.05, 0) is 57.2 Å². The molecule has 0 aromatic heterocycles. The van der Waals surface area contributed by atoms with Crippen LogP contribution in [0.4, 0.5) is 0 Å². The van der Waals surface area contributed by atoms with Crippen LogP contribution in [0.25, 0.3) is 0 Å². The van der Waals surface area contributed by atoms with Gasteiger partial charge in [0.25, 0.3) is 0 Å². The molecule has 0 radical (unpaired) electrons. The molecule has 2 aromatic rings. The highest BCUT2D eigenvalue weighted by molar-refractivity contribution is 5.89. The van der Waals surface area contributed by atoms with Gasteiger partial charge in [-0.15, -0.1) is 0 Å². The van der Waals surface area contributed by atoms with Crippen LogP contribution in [0, 0.1) is 13.8 Å². The van der Waals surface area contributed by atoms with Gasteiger partial charge in [-0.3, -0.25) is 0 Å². The number of rotatable bonds is 6. The number of quaternary nitrogens is 1. The topological polar surface area (TPSA) is 42.9 Å². The molecule has 3 rings (SSSR count). The third kappa shape index (κ3) is 5.43. The van der Waals surface area contributed by atoms with E-state index in [2.05, 4.69) is 35.6 Å². The molecule has 3 nitrogen and oxygen atoms in total. The number of esters is 1. The molecule has 1 saturated carbocycles. The van der Waals surface area contributed by atoms with Gasteiger partial charge in [0.05, 0.1) is 11.6 Å². The SMILES string of the molecule is Cc1cc(C)cc(C(=O)OCc2ccc(C[NH2+]C3CCCCC3)cc2)c1. The van der Waals surface area contributed by atoms with Crippen molar-refractivity contribution in [2.45, 2.75) is 65.1 Å². The molecule has 0 amide bonds. The zero-order valence-corrected chi connectivity index (χ0v) is 16.0. The summed E-state index contributed by atoms with van der Waals surface area (Å²) in [6.45, 7) is 5.34. The van der Waals surface area contributed by atoms with Gasteiger partial charge < -0.3 is 10.1 Å². The molecule has 0 atom stereocenters. The van der Waals surface area contributed by atoms with Gasteiger partial charge in [-0.25, -0.2) is 4.79 Å². The van der Waals surface area contributed by atoms with E-state index in [1.807, 2.05) is 26.0 Å². The molecule has 0 saturated heterocycles. The van der Waals surface area contributed by atoms with E-state index in [4.69, 9.17) is 4.74 Å². The first-order valence-electron chi connectivity index (χ1n) is 9.77. The molecule has 0 unspecified atom stereocenters. The summed E-state index contributed by atoms with van der Waals surface area (Å²) >= 11 is 0. The zero-order chi connectivity index (χ0) is 18.4. The summed E-state index contributed by atoms with van der Waals surface area (Å²) < 4.78 is 5.47. The second-order valence-corrected chi connectivity index (χ2v) is 7.61. The molecular formula is C23H30NO2+. The Morgan fingerprint density at radius 1 is 0.962 bits per heavy atom. The number of hydrogen-bond acceptors (Lipinski definition) is 2. The quantitative estimate of drug-likeness (QED) is 0.797. The number of carbonyl (C=O) groups excluding carboxylic acids is 1. The van der Waals surface area contributed by atoms with E-state index < -0.39 is 0 Å². The van der Waals surface area contributed by atoms with Crippen LogP contribution >= 0.6 is 0 Å². The van der Waals surface area contributed by atoms with Gasteiger partial charge in [0, 0.05) is 5.56 Å². The average Bonchev–Trinajstić information content (AvgIpc) is 2.65. The van der Waals surface area contributed by atoms with Gasteiger partial charge in [0.2, 0.25) is 0 Å². The largest absolute Gasteiger partial charge is 0.457 e. The number of nitrogens with two attached hydrogens (primary N) is 1. The lowest BCUT2D eigenvalue weighted by Gasteiger charge is -2.19. The first kappa shape index (κ1) is 18.7. The molecule has 1 fully saturated rings. The van der Waals surface area contributed by atoms with Crippen LogP contribution in [0.3, 0.4) is 0 Å². The van der Waals surface area contributed by atoms with E-state index >= 15 is 0 Å². The van der Waals surface area contributed by atoms with Crippen molar-refractivity contribution in [3.8, 4) is 0 Å². The van der Waals surface area contributed by atoms with Crippen molar-refractivity contribution in [2.24, 2.45) is 0 Å². The average molecular weight is 352 g/mol. The van der Waals surface area contributed by atoms with Crippen LogP contribution in [-0.4, -0.2) is 12.0 Å². The van der Waals surface area contributed by atoms with E-state index in [0.717, 1.165) is 29.3 Å². The van der Waals surface area contributed by atoms with Gasteiger partial charge in [-0.2, -0.15) is 0 Å². The molecule has 138 valence electrons. The predicted molar refractivity (Wildman–Crippen MR) is 104 cm³/mol. The molecule has 0 bridgehead atoms. The molecule has 0 spiro atoms. The lowest BCUT2D eigenvalue weighted by molar-refractivity contribution is -0.706. The molecule has 2 N–H and O–H groups in total. The summed E-state index contributed by atoms with van der Waals surface area (Å²) in [6.07, 6.45) is 6.87. The van der Waals surface area contributed by atoms with Crippen molar-refractivity contribution in [1.82, 2.24) is 0 Å². The maximum absolute atomic E-state index is 12.2. The van der Waals surface area contributed by atoms with Crippen molar-refractivity contribution in [3.63, 3.8) is 0 Å². The minimum absolute atomic E-state index is 0.258. The maximum atomic E-state index is 12.2. The maximum Gasteiger partial charge on any atom is 0.338 e. The number of aryl methyl sites for hydroxylation is 2. The number of carbonyl (C=O) groups is 1. The van der Waals surface area contributed by atoms with Crippen LogP contribution in [0.2, 0.25) is 0 Å². The Labute approximate surface area is 156 Å². The third-order valence-corrected chi connectivity index (χ3v) is 5.19. The van der Waals surface area contributed by atoms with E-state index in [0.29, 0.717) is 12.2 Å². The monoisotopic (exact) mass is 352 g/mol. The van der Waals surface area contributed by atoms with E-state index in [9.17, 15) is 4.79 Å².